The van der Waals surface area contributed by atoms with E-state index in [9.17, 15) is 8.42 Å². The molecule has 0 atom stereocenters. The molecular formula is C17H24N2O2S2. The van der Waals surface area contributed by atoms with E-state index in [2.05, 4.69) is 29.1 Å². The van der Waals surface area contributed by atoms with Crippen LogP contribution in [0.15, 0.2) is 36.4 Å². The summed E-state index contributed by atoms with van der Waals surface area (Å²) in [5.74, 6) is 0.0212. The molecule has 0 saturated heterocycles. The third-order valence-electron chi connectivity index (χ3n) is 3.22. The molecule has 0 aliphatic heterocycles. The second-order valence-electron chi connectivity index (χ2n) is 5.96. The monoisotopic (exact) mass is 352 g/mol. The number of sulfonamides is 1. The van der Waals surface area contributed by atoms with E-state index in [1.54, 1.807) is 11.3 Å². The van der Waals surface area contributed by atoms with Crippen molar-refractivity contribution in [3.05, 3.63) is 57.3 Å². The minimum atomic E-state index is -3.26. The van der Waals surface area contributed by atoms with Crippen LogP contribution in [0.3, 0.4) is 0 Å². The van der Waals surface area contributed by atoms with Gasteiger partial charge in [0, 0.05) is 28.9 Å². The Morgan fingerprint density at radius 1 is 1.00 bits per heavy atom. The molecule has 0 amide bonds. The van der Waals surface area contributed by atoms with Crippen LogP contribution in [0, 0.1) is 6.92 Å². The van der Waals surface area contributed by atoms with E-state index < -0.39 is 10.0 Å². The van der Waals surface area contributed by atoms with Crippen LogP contribution in [0.2, 0.25) is 0 Å². The lowest BCUT2D eigenvalue weighted by Crippen LogP contribution is -2.31. The first-order valence-corrected chi connectivity index (χ1v) is 10.1. The van der Waals surface area contributed by atoms with E-state index in [1.165, 1.54) is 9.75 Å². The zero-order valence-electron chi connectivity index (χ0n) is 13.8. The van der Waals surface area contributed by atoms with Gasteiger partial charge in [-0.15, -0.1) is 11.3 Å². The molecule has 23 heavy (non-hydrogen) atoms. The van der Waals surface area contributed by atoms with Crippen LogP contribution in [0.25, 0.3) is 0 Å². The third-order valence-corrected chi connectivity index (χ3v) is 5.76. The van der Waals surface area contributed by atoms with Crippen molar-refractivity contribution in [1.29, 1.82) is 0 Å². The third kappa shape index (κ3) is 6.43. The molecular weight excluding hydrogens is 328 g/mol. The average molecular weight is 353 g/mol. The molecule has 0 fully saturated rings. The van der Waals surface area contributed by atoms with Crippen molar-refractivity contribution in [3.63, 3.8) is 0 Å². The number of benzene rings is 1. The molecule has 0 aliphatic rings. The quantitative estimate of drug-likeness (QED) is 0.767. The summed E-state index contributed by atoms with van der Waals surface area (Å²) in [5, 5.41) is 3.40. The lowest BCUT2D eigenvalue weighted by atomic mass is 10.1. The largest absolute Gasteiger partial charge is 0.308 e. The number of nitrogens with one attached hydrogen (secondary N) is 2. The number of hydrogen-bond acceptors (Lipinski definition) is 4. The Labute approximate surface area is 143 Å². The van der Waals surface area contributed by atoms with Crippen molar-refractivity contribution in [3.8, 4) is 0 Å². The normalized spacial score (nSPS) is 12.0. The molecule has 6 heteroatoms. The SMILES string of the molecule is Cc1ccc(CNCc2ccc(CS(=O)(=O)NC(C)C)cc2)s1. The first kappa shape index (κ1) is 18.1. The summed E-state index contributed by atoms with van der Waals surface area (Å²) in [6.45, 7) is 7.37. The molecule has 4 nitrogen and oxygen atoms in total. The Hall–Kier alpha value is -1.21. The smallest absolute Gasteiger partial charge is 0.216 e. The van der Waals surface area contributed by atoms with Crippen molar-refractivity contribution in [2.75, 3.05) is 0 Å². The summed E-state index contributed by atoms with van der Waals surface area (Å²) in [4.78, 5) is 2.65. The zero-order valence-corrected chi connectivity index (χ0v) is 15.4. The van der Waals surface area contributed by atoms with E-state index in [-0.39, 0.29) is 11.8 Å². The van der Waals surface area contributed by atoms with Crippen molar-refractivity contribution in [2.24, 2.45) is 0 Å². The van der Waals surface area contributed by atoms with Crippen molar-refractivity contribution in [1.82, 2.24) is 10.0 Å². The Morgan fingerprint density at radius 3 is 2.22 bits per heavy atom. The Kier molecular flexibility index (Phi) is 6.35. The van der Waals surface area contributed by atoms with Crippen LogP contribution >= 0.6 is 11.3 Å². The van der Waals surface area contributed by atoms with Crippen LogP contribution in [0.4, 0.5) is 0 Å². The topological polar surface area (TPSA) is 58.2 Å². The Balaban J connectivity index is 1.84. The summed E-state index contributed by atoms with van der Waals surface area (Å²) in [6.07, 6.45) is 0. The summed E-state index contributed by atoms with van der Waals surface area (Å²) in [7, 11) is -3.26. The summed E-state index contributed by atoms with van der Waals surface area (Å²) in [5.41, 5.74) is 1.95. The van der Waals surface area contributed by atoms with Gasteiger partial charge in [0.25, 0.3) is 0 Å². The predicted molar refractivity (Wildman–Crippen MR) is 96.9 cm³/mol. The number of aryl methyl sites for hydroxylation is 1. The maximum atomic E-state index is 11.9. The standard InChI is InChI=1S/C17H24N2O2S2/c1-13(2)19-23(20,21)12-16-7-5-15(6-8-16)10-18-11-17-9-4-14(3)22-17/h4-9,13,18-19H,10-12H2,1-3H3. The van der Waals surface area contributed by atoms with E-state index in [0.29, 0.717) is 0 Å². The number of hydrogen-bond donors (Lipinski definition) is 2. The first-order chi connectivity index (χ1) is 10.8. The second-order valence-corrected chi connectivity index (χ2v) is 9.09. The van der Waals surface area contributed by atoms with Gasteiger partial charge in [-0.2, -0.15) is 0 Å². The highest BCUT2D eigenvalue weighted by atomic mass is 32.2. The van der Waals surface area contributed by atoms with E-state index in [1.807, 2.05) is 38.1 Å². The lowest BCUT2D eigenvalue weighted by Gasteiger charge is -2.10. The highest BCUT2D eigenvalue weighted by molar-refractivity contribution is 7.88. The van der Waals surface area contributed by atoms with Crippen LogP contribution in [0.5, 0.6) is 0 Å². The fraction of sp³-hybridized carbons (Fsp3) is 0.412. The van der Waals surface area contributed by atoms with Gasteiger partial charge in [-0.25, -0.2) is 13.1 Å². The Bertz CT molecular complexity index is 719. The molecule has 126 valence electrons. The van der Waals surface area contributed by atoms with Gasteiger partial charge in [0.2, 0.25) is 10.0 Å². The molecule has 2 rings (SSSR count). The first-order valence-electron chi connectivity index (χ1n) is 7.68. The van der Waals surface area contributed by atoms with Crippen LogP contribution in [-0.2, 0) is 28.9 Å². The molecule has 0 radical (unpaired) electrons. The van der Waals surface area contributed by atoms with E-state index >= 15 is 0 Å². The summed E-state index contributed by atoms with van der Waals surface area (Å²) >= 11 is 1.80. The predicted octanol–water partition coefficient (Wildman–Crippen LogP) is 3.17. The maximum absolute atomic E-state index is 11.9. The van der Waals surface area contributed by atoms with Gasteiger partial charge in [-0.1, -0.05) is 24.3 Å². The van der Waals surface area contributed by atoms with Crippen molar-refractivity contribution in [2.45, 2.75) is 45.7 Å². The van der Waals surface area contributed by atoms with Crippen LogP contribution in [-0.4, -0.2) is 14.5 Å². The molecule has 1 aromatic carbocycles. The summed E-state index contributed by atoms with van der Waals surface area (Å²) < 4.78 is 26.4. The van der Waals surface area contributed by atoms with Gasteiger partial charge < -0.3 is 5.32 Å². The molecule has 0 unspecified atom stereocenters. The fourth-order valence-corrected chi connectivity index (χ4v) is 4.58. The molecule has 0 spiro atoms. The van der Waals surface area contributed by atoms with Gasteiger partial charge in [0.15, 0.2) is 0 Å². The molecule has 2 aromatic rings. The van der Waals surface area contributed by atoms with Gasteiger partial charge in [0.05, 0.1) is 5.75 Å². The highest BCUT2D eigenvalue weighted by Gasteiger charge is 2.12. The second kappa shape index (κ2) is 8.06. The molecule has 0 bridgehead atoms. The van der Waals surface area contributed by atoms with E-state index in [0.717, 1.165) is 24.2 Å². The minimum Gasteiger partial charge on any atom is -0.308 e. The number of thiophene rings is 1. The lowest BCUT2D eigenvalue weighted by molar-refractivity contribution is 0.569. The van der Waals surface area contributed by atoms with Crippen molar-refractivity contribution >= 4 is 21.4 Å². The molecule has 1 aromatic heterocycles. The molecule has 0 aliphatic carbocycles. The average Bonchev–Trinajstić information content (AvgIpc) is 2.84. The Morgan fingerprint density at radius 2 is 1.65 bits per heavy atom. The van der Waals surface area contributed by atoms with Crippen LogP contribution < -0.4 is 10.0 Å². The zero-order chi connectivity index (χ0) is 16.9. The number of rotatable bonds is 8. The van der Waals surface area contributed by atoms with Gasteiger partial charge in [0.1, 0.15) is 0 Å². The molecule has 2 N–H and O–H groups in total. The van der Waals surface area contributed by atoms with Gasteiger partial charge >= 0.3 is 0 Å². The molecule has 1 heterocycles. The fourth-order valence-electron chi connectivity index (χ4n) is 2.28. The van der Waals surface area contributed by atoms with Gasteiger partial charge in [-0.05, 0) is 44.0 Å². The minimum absolute atomic E-state index is 0.0212. The van der Waals surface area contributed by atoms with Crippen molar-refractivity contribution < 1.29 is 8.42 Å². The van der Waals surface area contributed by atoms with Crippen LogP contribution in [0.1, 0.15) is 34.7 Å². The van der Waals surface area contributed by atoms with Gasteiger partial charge in [-0.3, -0.25) is 0 Å². The maximum Gasteiger partial charge on any atom is 0.216 e. The molecule has 0 saturated carbocycles. The summed E-state index contributed by atoms with van der Waals surface area (Å²) in [6, 6.07) is 11.9. The van der Waals surface area contributed by atoms with E-state index in [4.69, 9.17) is 0 Å². The highest BCUT2D eigenvalue weighted by Crippen LogP contribution is 2.15.